The molecule has 3 heterocycles. The van der Waals surface area contributed by atoms with Gasteiger partial charge in [-0.1, -0.05) is 17.5 Å². The van der Waals surface area contributed by atoms with Gasteiger partial charge in [0.05, 0.1) is 11.2 Å². The van der Waals surface area contributed by atoms with E-state index in [9.17, 15) is 35.2 Å². The Balaban J connectivity index is 1.66. The van der Waals surface area contributed by atoms with E-state index in [-0.39, 0.29) is 28.2 Å². The van der Waals surface area contributed by atoms with Crippen molar-refractivity contribution in [3.63, 3.8) is 0 Å². The number of rotatable bonds is 7. The lowest BCUT2D eigenvalue weighted by atomic mass is 10.0. The van der Waals surface area contributed by atoms with Crippen molar-refractivity contribution in [1.29, 1.82) is 0 Å². The molecule has 43 heavy (non-hydrogen) atoms. The summed E-state index contributed by atoms with van der Waals surface area (Å²) in [5.74, 6) is -4.96. The smallest absolute Gasteiger partial charge is 0.353 e. The first kappa shape index (κ1) is 30.0. The maximum atomic E-state index is 14.6. The normalized spacial score (nSPS) is 14.1. The highest BCUT2D eigenvalue weighted by Gasteiger charge is 2.45. The van der Waals surface area contributed by atoms with Crippen LogP contribution in [-0.4, -0.2) is 61.7 Å². The molecule has 2 aromatic heterocycles. The van der Waals surface area contributed by atoms with Crippen molar-refractivity contribution in [3.8, 4) is 11.1 Å². The van der Waals surface area contributed by atoms with Crippen molar-refractivity contribution in [2.24, 2.45) is 0 Å². The van der Waals surface area contributed by atoms with Crippen molar-refractivity contribution in [3.05, 3.63) is 72.3 Å². The van der Waals surface area contributed by atoms with Crippen molar-refractivity contribution in [2.75, 3.05) is 35.5 Å². The molecular weight excluding hydrogens is 599 g/mol. The van der Waals surface area contributed by atoms with Gasteiger partial charge in [-0.15, -0.1) is 0 Å². The van der Waals surface area contributed by atoms with Crippen LogP contribution in [0.3, 0.4) is 0 Å². The fourth-order valence-corrected chi connectivity index (χ4v) is 5.86. The number of nitrogens with zero attached hydrogens (tertiary/aromatic N) is 5. The SMILES string of the molecule is CCc1ncc(-c2ccc3ncnc(N4CCNCC4)c3c2)cc1N(OC(=O)C(F)(F)F)S(=O)(=O)c1ccc(F)cc1F. The van der Waals surface area contributed by atoms with Crippen LogP contribution in [0, 0.1) is 11.6 Å². The zero-order chi connectivity index (χ0) is 30.9. The van der Waals surface area contributed by atoms with Crippen LogP contribution in [-0.2, 0) is 26.1 Å². The van der Waals surface area contributed by atoms with Crippen molar-refractivity contribution < 1.29 is 40.0 Å². The number of hydrogen-bond acceptors (Lipinski definition) is 9. The Hall–Kier alpha value is -4.44. The van der Waals surface area contributed by atoms with Gasteiger partial charge in [-0.05, 0) is 42.3 Å². The molecule has 0 bridgehead atoms. The number of carbonyl (C=O) groups excluding carboxylic acids is 1. The second-order valence-electron chi connectivity index (χ2n) is 9.39. The van der Waals surface area contributed by atoms with Crippen LogP contribution in [0.1, 0.15) is 12.6 Å². The van der Waals surface area contributed by atoms with Crippen LogP contribution in [0.4, 0.5) is 33.5 Å². The van der Waals surface area contributed by atoms with Gasteiger partial charge in [0.1, 0.15) is 34.4 Å². The number of fused-ring (bicyclic) bond motifs is 1. The van der Waals surface area contributed by atoms with Gasteiger partial charge in [0, 0.05) is 49.4 Å². The summed E-state index contributed by atoms with van der Waals surface area (Å²) in [7, 11) is -5.37. The van der Waals surface area contributed by atoms with Gasteiger partial charge in [0.25, 0.3) is 10.0 Å². The number of piperazine rings is 1. The van der Waals surface area contributed by atoms with E-state index in [1.807, 2.05) is 0 Å². The first-order chi connectivity index (χ1) is 20.4. The average Bonchev–Trinajstić information content (AvgIpc) is 2.98. The first-order valence-corrected chi connectivity index (χ1v) is 14.3. The number of hydrogen-bond donors (Lipinski definition) is 1. The van der Waals surface area contributed by atoms with E-state index in [4.69, 9.17) is 0 Å². The molecule has 2 aromatic carbocycles. The van der Waals surface area contributed by atoms with E-state index in [1.54, 1.807) is 18.2 Å². The molecular formula is C27H23F5N6O4S. The highest BCUT2D eigenvalue weighted by atomic mass is 32.2. The number of aromatic nitrogens is 3. The molecule has 0 atom stereocenters. The Labute approximate surface area is 242 Å². The molecule has 0 aliphatic carbocycles. The molecule has 16 heteroatoms. The molecule has 1 fully saturated rings. The molecule has 10 nitrogen and oxygen atoms in total. The first-order valence-electron chi connectivity index (χ1n) is 12.9. The zero-order valence-electron chi connectivity index (χ0n) is 22.4. The summed E-state index contributed by atoms with van der Waals surface area (Å²) in [4.78, 5) is 30.1. The summed E-state index contributed by atoms with van der Waals surface area (Å²) in [6.45, 7) is 4.39. The lowest BCUT2D eigenvalue weighted by Gasteiger charge is -2.29. The Morgan fingerprint density at radius 1 is 1.02 bits per heavy atom. The van der Waals surface area contributed by atoms with Crippen molar-refractivity contribution >= 4 is 38.4 Å². The van der Waals surface area contributed by atoms with Gasteiger partial charge in [0.2, 0.25) is 0 Å². The molecule has 1 saturated heterocycles. The second kappa shape index (κ2) is 11.7. The second-order valence-corrected chi connectivity index (χ2v) is 11.1. The Kier molecular flexibility index (Phi) is 8.16. The van der Waals surface area contributed by atoms with Gasteiger partial charge < -0.3 is 15.1 Å². The minimum absolute atomic E-state index is 0.0180. The number of alkyl halides is 3. The van der Waals surface area contributed by atoms with Gasteiger partial charge in [-0.3, -0.25) is 4.98 Å². The molecule has 0 unspecified atom stereocenters. The fraction of sp³-hybridized carbons (Fsp3) is 0.259. The van der Waals surface area contributed by atoms with Crippen LogP contribution in [0.2, 0.25) is 0 Å². The minimum atomic E-state index is -5.61. The van der Waals surface area contributed by atoms with Crippen LogP contribution >= 0.6 is 0 Å². The highest BCUT2D eigenvalue weighted by molar-refractivity contribution is 7.92. The van der Waals surface area contributed by atoms with Gasteiger partial charge in [-0.2, -0.15) is 21.6 Å². The topological polar surface area (TPSA) is 118 Å². The van der Waals surface area contributed by atoms with Crippen LogP contribution in [0.15, 0.2) is 59.9 Å². The van der Waals surface area contributed by atoms with Gasteiger partial charge >= 0.3 is 12.1 Å². The number of anilines is 2. The minimum Gasteiger partial charge on any atom is -0.353 e. The third-order valence-electron chi connectivity index (χ3n) is 6.63. The quantitative estimate of drug-likeness (QED) is 0.240. The molecule has 0 radical (unpaired) electrons. The van der Waals surface area contributed by atoms with E-state index < -0.39 is 44.4 Å². The molecule has 226 valence electrons. The van der Waals surface area contributed by atoms with Gasteiger partial charge in [0.15, 0.2) is 0 Å². The Bertz CT molecular complexity index is 1800. The fourth-order valence-electron chi connectivity index (χ4n) is 4.55. The summed E-state index contributed by atoms with van der Waals surface area (Å²) < 4.78 is 94.6. The highest BCUT2D eigenvalue weighted by Crippen LogP contribution is 2.35. The number of aryl methyl sites for hydroxylation is 1. The predicted molar refractivity (Wildman–Crippen MR) is 145 cm³/mol. The zero-order valence-corrected chi connectivity index (χ0v) is 23.2. The molecule has 4 aromatic rings. The standard InChI is InChI=1S/C27H23F5N6O4S/c1-2-21-23(38(42-26(39)27(30,31)32)43(40,41)24-6-4-18(28)13-20(24)29)12-17(14-34-21)16-3-5-22-19(11-16)25(36-15-35-22)37-9-7-33-8-10-37/h3-6,11-15,33H,2,7-10H2,1H3. The summed E-state index contributed by atoms with van der Waals surface area (Å²) in [6.07, 6.45) is -2.82. The third-order valence-corrected chi connectivity index (χ3v) is 8.23. The maximum Gasteiger partial charge on any atom is 0.493 e. The van der Waals surface area contributed by atoms with Crippen molar-refractivity contribution in [1.82, 2.24) is 20.3 Å². The number of sulfonamides is 1. The molecule has 0 spiro atoms. The molecule has 0 saturated carbocycles. The molecule has 5 rings (SSSR count). The summed E-state index contributed by atoms with van der Waals surface area (Å²) >= 11 is 0. The molecule has 1 aliphatic heterocycles. The van der Waals surface area contributed by atoms with Crippen molar-refractivity contribution in [2.45, 2.75) is 24.4 Å². The number of pyridine rings is 1. The summed E-state index contributed by atoms with van der Waals surface area (Å²) in [5.41, 5.74) is 0.638. The average molecular weight is 623 g/mol. The largest absolute Gasteiger partial charge is 0.493 e. The van der Waals surface area contributed by atoms with Crippen LogP contribution < -0.4 is 14.7 Å². The van der Waals surface area contributed by atoms with E-state index in [0.29, 0.717) is 47.5 Å². The monoisotopic (exact) mass is 622 g/mol. The Morgan fingerprint density at radius 3 is 2.44 bits per heavy atom. The number of benzene rings is 2. The van der Waals surface area contributed by atoms with Crippen LogP contribution in [0.5, 0.6) is 0 Å². The van der Waals surface area contributed by atoms with Gasteiger partial charge in [-0.25, -0.2) is 23.5 Å². The van der Waals surface area contributed by atoms with E-state index >= 15 is 0 Å². The van der Waals surface area contributed by atoms with Crippen LogP contribution in [0.25, 0.3) is 22.0 Å². The third kappa shape index (κ3) is 6.06. The maximum absolute atomic E-state index is 14.6. The molecule has 1 N–H and O–H groups in total. The number of halogens is 5. The van der Waals surface area contributed by atoms with E-state index in [2.05, 4.69) is 30.0 Å². The predicted octanol–water partition coefficient (Wildman–Crippen LogP) is 4.16. The Morgan fingerprint density at radius 2 is 1.77 bits per heavy atom. The number of carbonyl (C=O) groups is 1. The van der Waals surface area contributed by atoms with E-state index in [1.165, 1.54) is 19.4 Å². The number of nitrogens with one attached hydrogen (secondary N) is 1. The lowest BCUT2D eigenvalue weighted by Crippen LogP contribution is -2.44. The molecule has 0 amide bonds. The lowest BCUT2D eigenvalue weighted by molar-refractivity contribution is -0.199. The summed E-state index contributed by atoms with van der Waals surface area (Å²) in [5, 5.41) is 3.91. The molecule has 1 aliphatic rings. The summed E-state index contributed by atoms with van der Waals surface area (Å²) in [6, 6.07) is 7.56. The van der Waals surface area contributed by atoms with E-state index in [0.717, 1.165) is 19.2 Å².